The molecule has 4 nitrogen and oxygen atoms in total. The molecule has 122 valence electrons. The number of nitrogens with zero attached hydrogens (tertiary/aromatic N) is 1. The molecule has 1 N–H and O–H groups in total. The van der Waals surface area contributed by atoms with E-state index in [9.17, 15) is 9.28 Å². The van der Waals surface area contributed by atoms with E-state index in [1.807, 2.05) is 58.0 Å². The van der Waals surface area contributed by atoms with E-state index >= 15 is 0 Å². The highest BCUT2D eigenvalue weighted by Gasteiger charge is 2.42. The molecule has 0 radical (unpaired) electrons. The summed E-state index contributed by atoms with van der Waals surface area (Å²) in [7, 11) is 0. The minimum Gasteiger partial charge on any atom is -0.443 e. The van der Waals surface area contributed by atoms with Gasteiger partial charge in [0.1, 0.15) is 6.61 Å². The SMILES string of the molecule is CC1(C)CC(N(F)C(=O)OCc2ccccc2)CC(C)(C)N1. The third-order valence-electron chi connectivity index (χ3n) is 3.87. The molecule has 0 aromatic heterocycles. The van der Waals surface area contributed by atoms with Gasteiger partial charge < -0.3 is 10.1 Å². The third kappa shape index (κ3) is 4.44. The first-order chi connectivity index (χ1) is 10.2. The lowest BCUT2D eigenvalue weighted by atomic mass is 9.79. The van der Waals surface area contributed by atoms with E-state index in [0.29, 0.717) is 12.8 Å². The lowest BCUT2D eigenvalue weighted by Crippen LogP contribution is -2.61. The van der Waals surface area contributed by atoms with E-state index in [2.05, 4.69) is 5.32 Å². The normalized spacial score (nSPS) is 20.4. The topological polar surface area (TPSA) is 41.6 Å². The van der Waals surface area contributed by atoms with Gasteiger partial charge in [-0.1, -0.05) is 34.8 Å². The first kappa shape index (κ1) is 16.7. The zero-order chi connectivity index (χ0) is 16.4. The number of amides is 1. The Bertz CT molecular complexity index is 501. The number of hydrogen-bond donors (Lipinski definition) is 1. The zero-order valence-electron chi connectivity index (χ0n) is 13.7. The number of hydrogen-bond acceptors (Lipinski definition) is 3. The van der Waals surface area contributed by atoms with E-state index in [1.54, 1.807) is 0 Å². The summed E-state index contributed by atoms with van der Waals surface area (Å²) in [5, 5.41) is 3.73. The minimum atomic E-state index is -0.914. The van der Waals surface area contributed by atoms with Crippen molar-refractivity contribution in [3.8, 4) is 0 Å². The molecule has 1 amide bonds. The number of carbonyl (C=O) groups excluding carboxylic acids is 1. The summed E-state index contributed by atoms with van der Waals surface area (Å²) in [6.45, 7) is 8.15. The van der Waals surface area contributed by atoms with Crippen molar-refractivity contribution in [2.24, 2.45) is 0 Å². The molecule has 1 heterocycles. The van der Waals surface area contributed by atoms with Crippen LogP contribution in [0.3, 0.4) is 0 Å². The van der Waals surface area contributed by atoms with Gasteiger partial charge in [-0.2, -0.15) is 0 Å². The maximum Gasteiger partial charge on any atom is 0.438 e. The summed E-state index contributed by atoms with van der Waals surface area (Å²) in [6, 6.07) is 8.79. The van der Waals surface area contributed by atoms with Crippen molar-refractivity contribution >= 4 is 6.09 Å². The fraction of sp³-hybridized carbons (Fsp3) is 0.588. The largest absolute Gasteiger partial charge is 0.443 e. The lowest BCUT2D eigenvalue weighted by molar-refractivity contribution is -0.0543. The average Bonchev–Trinajstić information content (AvgIpc) is 2.41. The van der Waals surface area contributed by atoms with Crippen LogP contribution in [0.15, 0.2) is 30.3 Å². The van der Waals surface area contributed by atoms with E-state index in [4.69, 9.17) is 4.74 Å². The Morgan fingerprint density at radius 2 is 1.77 bits per heavy atom. The molecule has 0 saturated carbocycles. The Kier molecular flexibility index (Phi) is 4.75. The number of piperidine rings is 1. The Morgan fingerprint density at radius 3 is 2.32 bits per heavy atom. The number of benzene rings is 1. The van der Waals surface area contributed by atoms with Gasteiger partial charge in [-0.3, -0.25) is 0 Å². The van der Waals surface area contributed by atoms with Gasteiger partial charge in [-0.15, -0.1) is 5.12 Å². The summed E-state index contributed by atoms with van der Waals surface area (Å²) in [4.78, 5) is 11.9. The summed E-state index contributed by atoms with van der Waals surface area (Å²) in [5.41, 5.74) is 0.391. The standard InChI is InChI=1S/C17H25FN2O2/c1-16(2)10-14(11-17(3,4)19-16)20(18)15(21)22-12-13-8-6-5-7-9-13/h5-9,14,19H,10-12H2,1-4H3. The van der Waals surface area contributed by atoms with Crippen LogP contribution in [-0.4, -0.2) is 28.3 Å². The fourth-order valence-electron chi connectivity index (χ4n) is 3.36. The van der Waals surface area contributed by atoms with Crippen LogP contribution in [0.4, 0.5) is 9.28 Å². The van der Waals surface area contributed by atoms with Crippen molar-refractivity contribution < 1.29 is 14.0 Å². The summed E-state index contributed by atoms with van der Waals surface area (Å²) in [6.07, 6.45) is 0.183. The molecule has 0 aliphatic carbocycles. The first-order valence-electron chi connectivity index (χ1n) is 7.64. The molecule has 1 aromatic rings. The maximum absolute atomic E-state index is 14.4. The van der Waals surface area contributed by atoms with Gasteiger partial charge in [0, 0.05) is 11.1 Å². The summed E-state index contributed by atoms with van der Waals surface area (Å²) in [5.74, 6) is 0. The van der Waals surface area contributed by atoms with Gasteiger partial charge >= 0.3 is 6.09 Å². The fourth-order valence-corrected chi connectivity index (χ4v) is 3.36. The second-order valence-electron chi connectivity index (χ2n) is 7.31. The molecule has 0 spiro atoms. The minimum absolute atomic E-state index is 0.0812. The predicted molar refractivity (Wildman–Crippen MR) is 83.9 cm³/mol. The van der Waals surface area contributed by atoms with Gasteiger partial charge in [-0.05, 0) is 46.1 Å². The molecule has 0 unspecified atom stereocenters. The molecular formula is C17H25FN2O2. The maximum atomic E-state index is 14.4. The van der Waals surface area contributed by atoms with Crippen molar-refractivity contribution in [2.75, 3.05) is 0 Å². The van der Waals surface area contributed by atoms with Crippen molar-refractivity contribution in [1.29, 1.82) is 0 Å². The Hall–Kier alpha value is -1.62. The van der Waals surface area contributed by atoms with E-state index in [1.165, 1.54) is 0 Å². The molecule has 0 atom stereocenters. The molecule has 0 bridgehead atoms. The van der Waals surface area contributed by atoms with Gasteiger partial charge in [0.25, 0.3) is 0 Å². The number of ether oxygens (including phenoxy) is 1. The molecular weight excluding hydrogens is 283 g/mol. The van der Waals surface area contributed by atoms with Gasteiger partial charge in [0.2, 0.25) is 0 Å². The van der Waals surface area contributed by atoms with Crippen molar-refractivity contribution in [3.05, 3.63) is 35.9 Å². The van der Waals surface area contributed by atoms with E-state index in [-0.39, 0.29) is 22.8 Å². The van der Waals surface area contributed by atoms with Crippen LogP contribution in [-0.2, 0) is 11.3 Å². The van der Waals surface area contributed by atoms with Crippen molar-refractivity contribution in [1.82, 2.24) is 10.4 Å². The smallest absolute Gasteiger partial charge is 0.438 e. The highest BCUT2D eigenvalue weighted by molar-refractivity contribution is 5.66. The number of nitrogens with one attached hydrogen (secondary N) is 1. The van der Waals surface area contributed by atoms with Crippen LogP contribution in [0.5, 0.6) is 0 Å². The Morgan fingerprint density at radius 1 is 1.23 bits per heavy atom. The Labute approximate surface area is 131 Å². The van der Waals surface area contributed by atoms with Crippen molar-refractivity contribution in [2.45, 2.75) is 64.3 Å². The zero-order valence-corrected chi connectivity index (χ0v) is 13.7. The van der Waals surface area contributed by atoms with Gasteiger partial charge in [-0.25, -0.2) is 4.79 Å². The quantitative estimate of drug-likeness (QED) is 0.863. The first-order valence-corrected chi connectivity index (χ1v) is 7.64. The van der Waals surface area contributed by atoms with Crippen LogP contribution < -0.4 is 5.32 Å². The molecule has 2 rings (SSSR count). The summed E-state index contributed by atoms with van der Waals surface area (Å²) >= 11 is 0. The molecule has 5 heteroatoms. The van der Waals surface area contributed by atoms with Crippen molar-refractivity contribution in [3.63, 3.8) is 0 Å². The predicted octanol–water partition coefficient (Wildman–Crippen LogP) is 3.82. The number of carbonyl (C=O) groups is 1. The van der Waals surface area contributed by atoms with E-state index < -0.39 is 12.1 Å². The summed E-state index contributed by atoms with van der Waals surface area (Å²) < 4.78 is 19.5. The van der Waals surface area contributed by atoms with Crippen LogP contribution in [0.1, 0.15) is 46.1 Å². The lowest BCUT2D eigenvalue weighted by Gasteiger charge is -2.47. The monoisotopic (exact) mass is 308 g/mol. The van der Waals surface area contributed by atoms with Gasteiger partial charge in [0.15, 0.2) is 0 Å². The number of halogens is 1. The highest BCUT2D eigenvalue weighted by atomic mass is 19.2. The molecule has 1 aliphatic rings. The third-order valence-corrected chi connectivity index (χ3v) is 3.87. The second-order valence-corrected chi connectivity index (χ2v) is 7.31. The number of rotatable bonds is 3. The van der Waals surface area contributed by atoms with Crippen LogP contribution >= 0.6 is 0 Å². The van der Waals surface area contributed by atoms with Crippen LogP contribution in [0, 0.1) is 0 Å². The Balaban J connectivity index is 1.95. The highest BCUT2D eigenvalue weighted by Crippen LogP contribution is 2.32. The van der Waals surface area contributed by atoms with E-state index in [0.717, 1.165) is 5.56 Å². The molecule has 1 aliphatic heterocycles. The molecule has 1 saturated heterocycles. The molecule has 1 fully saturated rings. The van der Waals surface area contributed by atoms with Crippen LogP contribution in [0.2, 0.25) is 0 Å². The molecule has 22 heavy (non-hydrogen) atoms. The van der Waals surface area contributed by atoms with Gasteiger partial charge in [0.05, 0.1) is 6.04 Å². The molecule has 1 aromatic carbocycles. The average molecular weight is 308 g/mol. The second kappa shape index (κ2) is 6.24. The van der Waals surface area contributed by atoms with Crippen LogP contribution in [0.25, 0.3) is 0 Å².